The topological polar surface area (TPSA) is 42.0 Å². The molecule has 0 fully saturated rings. The van der Waals surface area contributed by atoms with Crippen molar-refractivity contribution in [2.45, 2.75) is 52.5 Å². The quantitative estimate of drug-likeness (QED) is 0.858. The molecule has 1 amide bonds. The summed E-state index contributed by atoms with van der Waals surface area (Å²) in [7, 11) is 0. The minimum absolute atomic E-state index is 0.00145. The van der Waals surface area contributed by atoms with Gasteiger partial charge in [-0.05, 0) is 32.9 Å². The molecular weight excluding hydrogens is 268 g/mol. The molecule has 0 radical (unpaired) electrons. The minimum Gasteiger partial charge on any atom is -0.347 e. The molecule has 20 heavy (non-hydrogen) atoms. The highest BCUT2D eigenvalue weighted by Gasteiger charge is 2.22. The maximum Gasteiger partial charge on any atom is 0.253 e. The summed E-state index contributed by atoms with van der Waals surface area (Å²) >= 11 is 1.61. The number of hydrogen-bond donors (Lipinski definition) is 1. The normalized spacial score (nSPS) is 12.7. The van der Waals surface area contributed by atoms with Crippen molar-refractivity contribution in [3.8, 4) is 0 Å². The maximum atomic E-state index is 12.4. The van der Waals surface area contributed by atoms with E-state index in [4.69, 9.17) is 0 Å². The van der Waals surface area contributed by atoms with E-state index in [-0.39, 0.29) is 16.9 Å². The third-order valence-electron chi connectivity index (χ3n) is 2.79. The van der Waals surface area contributed by atoms with Crippen LogP contribution in [0.4, 0.5) is 0 Å². The lowest BCUT2D eigenvalue weighted by atomic mass is 9.98. The molecule has 2 rings (SSSR count). The first kappa shape index (κ1) is 15.0. The SMILES string of the molecule is CC(C)(C)NC(=O)c1cccc2nc(C(C)(C)C)sc12. The summed E-state index contributed by atoms with van der Waals surface area (Å²) in [5.74, 6) is -0.0350. The van der Waals surface area contributed by atoms with E-state index in [0.29, 0.717) is 5.56 Å². The number of hydrogen-bond acceptors (Lipinski definition) is 3. The second-order valence-electron chi connectivity index (χ2n) is 7.13. The van der Waals surface area contributed by atoms with Gasteiger partial charge in [0.05, 0.1) is 20.8 Å². The van der Waals surface area contributed by atoms with Crippen LogP contribution < -0.4 is 5.32 Å². The van der Waals surface area contributed by atoms with E-state index >= 15 is 0 Å². The standard InChI is InChI=1S/C16H22N2OS/c1-15(2,3)14-17-11-9-7-8-10(12(11)20-14)13(19)18-16(4,5)6/h7-9H,1-6H3,(H,18,19). The Morgan fingerprint density at radius 2 is 1.80 bits per heavy atom. The van der Waals surface area contributed by atoms with Crippen LogP contribution in [0.25, 0.3) is 10.2 Å². The highest BCUT2D eigenvalue weighted by atomic mass is 32.1. The number of benzene rings is 1. The van der Waals surface area contributed by atoms with Crippen LogP contribution >= 0.6 is 11.3 Å². The van der Waals surface area contributed by atoms with Crippen molar-refractivity contribution in [1.29, 1.82) is 0 Å². The average Bonchev–Trinajstić information content (AvgIpc) is 2.69. The van der Waals surface area contributed by atoms with Gasteiger partial charge < -0.3 is 5.32 Å². The van der Waals surface area contributed by atoms with Gasteiger partial charge in [-0.1, -0.05) is 26.8 Å². The van der Waals surface area contributed by atoms with Crippen LogP contribution in [0.1, 0.15) is 56.9 Å². The second kappa shape index (κ2) is 4.85. The highest BCUT2D eigenvalue weighted by molar-refractivity contribution is 7.19. The number of amides is 1. The van der Waals surface area contributed by atoms with Gasteiger partial charge in [0.25, 0.3) is 5.91 Å². The number of fused-ring (bicyclic) bond motifs is 1. The number of aromatic nitrogens is 1. The van der Waals surface area contributed by atoms with E-state index in [2.05, 4.69) is 31.1 Å². The summed E-state index contributed by atoms with van der Waals surface area (Å²) in [5.41, 5.74) is 1.38. The molecule has 0 atom stereocenters. The number of rotatable bonds is 1. The third-order valence-corrected chi connectivity index (χ3v) is 4.32. The van der Waals surface area contributed by atoms with Gasteiger partial charge in [-0.15, -0.1) is 11.3 Å². The van der Waals surface area contributed by atoms with Gasteiger partial charge in [0, 0.05) is 11.0 Å². The van der Waals surface area contributed by atoms with E-state index in [0.717, 1.165) is 15.2 Å². The molecule has 0 bridgehead atoms. The predicted octanol–water partition coefficient (Wildman–Crippen LogP) is 4.12. The fourth-order valence-electron chi connectivity index (χ4n) is 1.86. The molecule has 4 heteroatoms. The first-order valence-corrected chi connectivity index (χ1v) is 7.62. The fourth-order valence-corrected chi connectivity index (χ4v) is 2.99. The molecule has 1 aromatic carbocycles. The molecule has 3 nitrogen and oxygen atoms in total. The lowest BCUT2D eigenvalue weighted by molar-refractivity contribution is 0.0921. The maximum absolute atomic E-state index is 12.4. The van der Waals surface area contributed by atoms with Crippen LogP contribution in [0.5, 0.6) is 0 Å². The Labute approximate surface area is 124 Å². The summed E-state index contributed by atoms with van der Waals surface area (Å²) in [6.07, 6.45) is 0. The van der Waals surface area contributed by atoms with Crippen molar-refractivity contribution in [1.82, 2.24) is 10.3 Å². The minimum atomic E-state index is -0.239. The molecule has 0 aliphatic carbocycles. The summed E-state index contributed by atoms with van der Waals surface area (Å²) in [6.45, 7) is 12.4. The van der Waals surface area contributed by atoms with Crippen molar-refractivity contribution in [2.75, 3.05) is 0 Å². The van der Waals surface area contributed by atoms with Crippen molar-refractivity contribution in [3.05, 3.63) is 28.8 Å². The Balaban J connectivity index is 2.50. The fraction of sp³-hybridized carbons (Fsp3) is 0.500. The van der Waals surface area contributed by atoms with Crippen LogP contribution in [0, 0.1) is 0 Å². The van der Waals surface area contributed by atoms with E-state index in [9.17, 15) is 4.79 Å². The van der Waals surface area contributed by atoms with Gasteiger partial charge in [-0.25, -0.2) is 4.98 Å². The smallest absolute Gasteiger partial charge is 0.253 e. The first-order chi connectivity index (χ1) is 9.08. The Bertz CT molecular complexity index is 645. The van der Waals surface area contributed by atoms with Crippen molar-refractivity contribution < 1.29 is 4.79 Å². The molecule has 0 saturated heterocycles. The molecule has 0 aliphatic rings. The third kappa shape index (κ3) is 3.18. The van der Waals surface area contributed by atoms with Crippen molar-refractivity contribution in [2.24, 2.45) is 0 Å². The molecule has 0 saturated carbocycles. The second-order valence-corrected chi connectivity index (χ2v) is 8.13. The molecule has 1 N–H and O–H groups in total. The molecule has 0 spiro atoms. The summed E-state index contributed by atoms with van der Waals surface area (Å²) in [6, 6.07) is 5.73. The number of thiazole rings is 1. The molecule has 2 aromatic rings. The number of nitrogens with one attached hydrogen (secondary N) is 1. The van der Waals surface area contributed by atoms with Crippen LogP contribution in [-0.4, -0.2) is 16.4 Å². The van der Waals surface area contributed by atoms with E-state index in [1.807, 2.05) is 39.0 Å². The van der Waals surface area contributed by atoms with Gasteiger partial charge in [-0.2, -0.15) is 0 Å². The van der Waals surface area contributed by atoms with Gasteiger partial charge >= 0.3 is 0 Å². The van der Waals surface area contributed by atoms with Crippen molar-refractivity contribution >= 4 is 27.5 Å². The number of carbonyl (C=O) groups excluding carboxylic acids is 1. The highest BCUT2D eigenvalue weighted by Crippen LogP contribution is 2.33. The molecule has 0 aliphatic heterocycles. The van der Waals surface area contributed by atoms with Crippen LogP contribution in [0.15, 0.2) is 18.2 Å². The Hall–Kier alpha value is -1.42. The molecule has 1 heterocycles. The van der Waals surface area contributed by atoms with Crippen LogP contribution in [0.3, 0.4) is 0 Å². The monoisotopic (exact) mass is 290 g/mol. The summed E-state index contributed by atoms with van der Waals surface area (Å²) in [5, 5.41) is 4.07. The van der Waals surface area contributed by atoms with E-state index in [1.54, 1.807) is 11.3 Å². The van der Waals surface area contributed by atoms with Gasteiger partial charge in [0.1, 0.15) is 0 Å². The average molecular weight is 290 g/mol. The lowest BCUT2D eigenvalue weighted by Crippen LogP contribution is -2.40. The molecule has 1 aromatic heterocycles. The summed E-state index contributed by atoms with van der Waals surface area (Å²) in [4.78, 5) is 17.1. The zero-order valence-electron chi connectivity index (χ0n) is 13.0. The van der Waals surface area contributed by atoms with E-state index in [1.165, 1.54) is 0 Å². The predicted molar refractivity (Wildman–Crippen MR) is 85.5 cm³/mol. The van der Waals surface area contributed by atoms with E-state index < -0.39 is 0 Å². The molecular formula is C16H22N2OS. The largest absolute Gasteiger partial charge is 0.347 e. The van der Waals surface area contributed by atoms with Gasteiger partial charge in [-0.3, -0.25) is 4.79 Å². The number of carbonyl (C=O) groups is 1. The Morgan fingerprint density at radius 1 is 1.15 bits per heavy atom. The lowest BCUT2D eigenvalue weighted by Gasteiger charge is -2.20. The van der Waals surface area contributed by atoms with Crippen molar-refractivity contribution in [3.63, 3.8) is 0 Å². The zero-order valence-corrected chi connectivity index (χ0v) is 13.8. The number of nitrogens with zero attached hydrogens (tertiary/aromatic N) is 1. The van der Waals surface area contributed by atoms with Gasteiger partial charge in [0.15, 0.2) is 0 Å². The summed E-state index contributed by atoms with van der Waals surface area (Å²) < 4.78 is 0.971. The van der Waals surface area contributed by atoms with Gasteiger partial charge in [0.2, 0.25) is 0 Å². The van der Waals surface area contributed by atoms with Crippen LogP contribution in [0.2, 0.25) is 0 Å². The molecule has 0 unspecified atom stereocenters. The Morgan fingerprint density at radius 3 is 2.35 bits per heavy atom. The first-order valence-electron chi connectivity index (χ1n) is 6.80. The molecule has 108 valence electrons. The Kier molecular flexibility index (Phi) is 3.63. The van der Waals surface area contributed by atoms with Crippen LogP contribution in [-0.2, 0) is 5.41 Å². The zero-order chi connectivity index (χ0) is 15.1.